The predicted molar refractivity (Wildman–Crippen MR) is 47.1 cm³/mol. The molecule has 0 aliphatic heterocycles. The van der Waals surface area contributed by atoms with Crippen LogP contribution < -0.4 is 0 Å². The van der Waals surface area contributed by atoms with Crippen LogP contribution in [0.3, 0.4) is 0 Å². The third-order valence-electron chi connectivity index (χ3n) is 2.21. The summed E-state index contributed by atoms with van der Waals surface area (Å²) < 4.78 is 5.34. The summed E-state index contributed by atoms with van der Waals surface area (Å²) in [4.78, 5) is 0. The SMILES string of the molecule is C#CO[Si](CC)(CC)CC. The summed E-state index contributed by atoms with van der Waals surface area (Å²) in [6, 6.07) is 3.39. The zero-order valence-electron chi connectivity index (χ0n) is 7.11. The number of hydrogen-bond acceptors (Lipinski definition) is 1. The van der Waals surface area contributed by atoms with Gasteiger partial charge < -0.3 is 4.43 Å². The van der Waals surface area contributed by atoms with E-state index in [4.69, 9.17) is 10.8 Å². The van der Waals surface area contributed by atoms with Crippen molar-refractivity contribution in [3.05, 3.63) is 0 Å². The first-order valence-corrected chi connectivity index (χ1v) is 6.41. The zero-order valence-corrected chi connectivity index (χ0v) is 8.11. The minimum absolute atomic E-state index is 1.13. The van der Waals surface area contributed by atoms with E-state index >= 15 is 0 Å². The first-order valence-electron chi connectivity index (χ1n) is 3.88. The Balaban J connectivity index is 4.04. The Kier molecular flexibility index (Phi) is 4.22. The molecular formula is C8H16OSi. The van der Waals surface area contributed by atoms with E-state index in [0.29, 0.717) is 0 Å². The van der Waals surface area contributed by atoms with Crippen molar-refractivity contribution in [2.45, 2.75) is 38.9 Å². The van der Waals surface area contributed by atoms with Gasteiger partial charge in [0.05, 0.1) is 6.11 Å². The Bertz CT molecular complexity index is 113. The summed E-state index contributed by atoms with van der Waals surface area (Å²) in [5.74, 6) is 0. The molecule has 0 aliphatic rings. The average molecular weight is 156 g/mol. The normalized spacial score (nSPS) is 10.6. The Hall–Kier alpha value is -0.423. The van der Waals surface area contributed by atoms with Crippen molar-refractivity contribution in [1.29, 1.82) is 0 Å². The summed E-state index contributed by atoms with van der Waals surface area (Å²) >= 11 is 0. The third kappa shape index (κ3) is 2.07. The second kappa shape index (κ2) is 4.40. The van der Waals surface area contributed by atoms with Crippen molar-refractivity contribution in [2.75, 3.05) is 0 Å². The van der Waals surface area contributed by atoms with E-state index in [9.17, 15) is 0 Å². The molecule has 0 fully saturated rings. The van der Waals surface area contributed by atoms with Gasteiger partial charge in [-0.25, -0.2) is 0 Å². The maximum Gasteiger partial charge on any atom is 0.264 e. The molecule has 0 aliphatic carbocycles. The number of hydrogen-bond donors (Lipinski definition) is 0. The van der Waals surface area contributed by atoms with E-state index in [-0.39, 0.29) is 0 Å². The van der Waals surface area contributed by atoms with E-state index < -0.39 is 8.32 Å². The molecule has 0 aromatic heterocycles. The molecule has 0 rings (SSSR count). The van der Waals surface area contributed by atoms with Gasteiger partial charge in [-0.3, -0.25) is 0 Å². The lowest BCUT2D eigenvalue weighted by atomic mass is 10.9. The highest BCUT2D eigenvalue weighted by Gasteiger charge is 2.29. The van der Waals surface area contributed by atoms with Crippen molar-refractivity contribution in [3.63, 3.8) is 0 Å². The van der Waals surface area contributed by atoms with Crippen LogP contribution >= 0.6 is 0 Å². The summed E-state index contributed by atoms with van der Waals surface area (Å²) in [6.07, 6.45) is 7.43. The molecule has 1 nitrogen and oxygen atoms in total. The smallest absolute Gasteiger partial charge is 0.264 e. The highest BCUT2D eigenvalue weighted by Crippen LogP contribution is 2.20. The number of rotatable bonds is 4. The molecule has 0 saturated carbocycles. The monoisotopic (exact) mass is 156 g/mol. The van der Waals surface area contributed by atoms with Gasteiger partial charge in [-0.2, -0.15) is 0 Å². The molecule has 0 spiro atoms. The lowest BCUT2D eigenvalue weighted by molar-refractivity contribution is 0.496. The molecule has 2 heteroatoms. The largest absolute Gasteiger partial charge is 0.501 e. The maximum absolute atomic E-state index is 5.34. The predicted octanol–water partition coefficient (Wildman–Crippen LogP) is 2.60. The fourth-order valence-electron chi connectivity index (χ4n) is 1.09. The van der Waals surface area contributed by atoms with Gasteiger partial charge >= 0.3 is 0 Å². The average Bonchev–Trinajstić information content (AvgIpc) is 2.01. The molecule has 0 heterocycles. The molecule has 0 saturated heterocycles. The van der Waals surface area contributed by atoms with Crippen LogP contribution in [0.2, 0.25) is 18.1 Å². The van der Waals surface area contributed by atoms with E-state index in [1.807, 2.05) is 0 Å². The molecule has 0 N–H and O–H groups in total. The highest BCUT2D eigenvalue weighted by atomic mass is 28.4. The van der Waals surface area contributed by atoms with E-state index in [1.165, 1.54) is 0 Å². The van der Waals surface area contributed by atoms with Crippen molar-refractivity contribution in [1.82, 2.24) is 0 Å². The van der Waals surface area contributed by atoms with Gasteiger partial charge in [-0.1, -0.05) is 27.2 Å². The summed E-state index contributed by atoms with van der Waals surface area (Å²) in [5, 5.41) is 0. The molecule has 0 aromatic rings. The van der Waals surface area contributed by atoms with Crippen LogP contribution in [-0.4, -0.2) is 8.32 Å². The molecule has 0 atom stereocenters. The van der Waals surface area contributed by atoms with Gasteiger partial charge in [0.1, 0.15) is 0 Å². The van der Waals surface area contributed by atoms with Crippen molar-refractivity contribution < 1.29 is 4.43 Å². The topological polar surface area (TPSA) is 9.23 Å². The lowest BCUT2D eigenvalue weighted by Crippen LogP contribution is -2.33. The molecule has 10 heavy (non-hydrogen) atoms. The van der Waals surface area contributed by atoms with Gasteiger partial charge in [-0.05, 0) is 18.1 Å². The Morgan fingerprint density at radius 2 is 1.60 bits per heavy atom. The van der Waals surface area contributed by atoms with Crippen LogP contribution in [0.4, 0.5) is 0 Å². The van der Waals surface area contributed by atoms with Gasteiger partial charge in [0, 0.05) is 0 Å². The molecule has 58 valence electrons. The highest BCUT2D eigenvalue weighted by molar-refractivity contribution is 6.73. The van der Waals surface area contributed by atoms with Gasteiger partial charge in [-0.15, -0.1) is 0 Å². The molecule has 0 radical (unpaired) electrons. The summed E-state index contributed by atoms with van der Waals surface area (Å²) in [5.41, 5.74) is 0. The molecule has 0 aromatic carbocycles. The molecule has 0 bridgehead atoms. The minimum Gasteiger partial charge on any atom is -0.501 e. The second-order valence-corrected chi connectivity index (χ2v) is 7.16. The third-order valence-corrected chi connectivity index (χ3v) is 6.63. The maximum atomic E-state index is 5.34. The van der Waals surface area contributed by atoms with Crippen molar-refractivity contribution >= 4 is 8.32 Å². The van der Waals surface area contributed by atoms with Gasteiger partial charge in [0.2, 0.25) is 0 Å². The molecule has 0 unspecified atom stereocenters. The van der Waals surface area contributed by atoms with Crippen molar-refractivity contribution in [2.24, 2.45) is 0 Å². The van der Waals surface area contributed by atoms with Crippen LogP contribution in [-0.2, 0) is 4.43 Å². The van der Waals surface area contributed by atoms with Crippen LogP contribution in [0, 0.1) is 12.5 Å². The van der Waals surface area contributed by atoms with Gasteiger partial charge in [0.25, 0.3) is 8.32 Å². The standard InChI is InChI=1S/C8H16OSi/c1-5-9-10(6-2,7-3)8-4/h1H,6-8H2,2-4H3. The first-order chi connectivity index (χ1) is 4.74. The lowest BCUT2D eigenvalue weighted by Gasteiger charge is -2.23. The first kappa shape index (κ1) is 9.58. The summed E-state index contributed by atoms with van der Waals surface area (Å²) in [6.45, 7) is 6.49. The quantitative estimate of drug-likeness (QED) is 0.449. The van der Waals surface area contributed by atoms with E-state index in [1.54, 1.807) is 0 Å². The van der Waals surface area contributed by atoms with Crippen LogP contribution in [0.5, 0.6) is 0 Å². The van der Waals surface area contributed by atoms with Gasteiger partial charge in [0.15, 0.2) is 0 Å². The Morgan fingerprint density at radius 1 is 1.20 bits per heavy atom. The van der Waals surface area contributed by atoms with Crippen LogP contribution in [0.15, 0.2) is 0 Å². The van der Waals surface area contributed by atoms with E-state index in [2.05, 4.69) is 26.9 Å². The number of terminal acetylenes is 1. The fraction of sp³-hybridized carbons (Fsp3) is 0.750. The molecular weight excluding hydrogens is 140 g/mol. The minimum atomic E-state index is -1.45. The Labute approximate surface area is 64.9 Å². The summed E-state index contributed by atoms with van der Waals surface area (Å²) in [7, 11) is -1.45. The van der Waals surface area contributed by atoms with Crippen molar-refractivity contribution in [3.8, 4) is 12.5 Å². The van der Waals surface area contributed by atoms with Crippen LogP contribution in [0.1, 0.15) is 20.8 Å². The zero-order chi connectivity index (χ0) is 8.04. The van der Waals surface area contributed by atoms with E-state index in [0.717, 1.165) is 18.1 Å². The fourth-order valence-corrected chi connectivity index (χ4v) is 3.27. The second-order valence-electron chi connectivity index (χ2n) is 2.46. The molecule has 0 amide bonds. The van der Waals surface area contributed by atoms with Crippen LogP contribution in [0.25, 0.3) is 0 Å². The Morgan fingerprint density at radius 3 is 1.70 bits per heavy atom.